The van der Waals surface area contributed by atoms with Crippen LogP contribution < -0.4 is 0 Å². The molecule has 2 rings (SSSR count). The average molecular weight is 281 g/mol. The van der Waals surface area contributed by atoms with Gasteiger partial charge in [-0.25, -0.2) is 4.39 Å². The van der Waals surface area contributed by atoms with Crippen LogP contribution in [0.25, 0.3) is 0 Å². The molecule has 2 unspecified atom stereocenters. The first-order valence-corrected chi connectivity index (χ1v) is 7.19. The maximum atomic E-state index is 13.1. The molecule has 0 radical (unpaired) electrons. The largest absolute Gasteiger partial charge is 0.388 e. The zero-order valence-corrected chi connectivity index (χ0v) is 12.5. The summed E-state index contributed by atoms with van der Waals surface area (Å²) in [7, 11) is 0. The van der Waals surface area contributed by atoms with Crippen molar-refractivity contribution in [3.8, 4) is 0 Å². The van der Waals surface area contributed by atoms with Crippen molar-refractivity contribution in [2.24, 2.45) is 0 Å². The minimum Gasteiger partial charge on any atom is -0.388 e. The van der Waals surface area contributed by atoms with Crippen molar-refractivity contribution in [1.82, 2.24) is 4.90 Å². The van der Waals surface area contributed by atoms with E-state index in [1.165, 1.54) is 12.1 Å². The van der Waals surface area contributed by atoms with Crippen LogP contribution in [0.15, 0.2) is 24.3 Å². The van der Waals surface area contributed by atoms with Gasteiger partial charge in [-0.05, 0) is 44.9 Å². The fourth-order valence-electron chi connectivity index (χ4n) is 2.94. The molecule has 1 heterocycles. The number of benzene rings is 1. The van der Waals surface area contributed by atoms with Crippen LogP contribution in [-0.4, -0.2) is 41.3 Å². The van der Waals surface area contributed by atoms with Gasteiger partial charge in [-0.3, -0.25) is 4.90 Å². The predicted molar refractivity (Wildman–Crippen MR) is 77.0 cm³/mol. The van der Waals surface area contributed by atoms with Crippen LogP contribution >= 0.6 is 0 Å². The van der Waals surface area contributed by atoms with E-state index in [2.05, 4.69) is 25.7 Å². The Bertz CT molecular complexity index is 450. The van der Waals surface area contributed by atoms with E-state index in [9.17, 15) is 9.50 Å². The number of nitrogens with zero attached hydrogens (tertiary/aromatic N) is 1. The van der Waals surface area contributed by atoms with E-state index in [1.54, 1.807) is 12.1 Å². The summed E-state index contributed by atoms with van der Waals surface area (Å²) in [5.41, 5.74) is 0.493. The van der Waals surface area contributed by atoms with Crippen LogP contribution in [0.5, 0.6) is 0 Å². The summed E-state index contributed by atoms with van der Waals surface area (Å²) in [6.07, 6.45) is 0.184. The molecular formula is C16H24FNO2. The van der Waals surface area contributed by atoms with Gasteiger partial charge in [-0.2, -0.15) is 0 Å². The smallest absolute Gasteiger partial charge is 0.123 e. The summed E-state index contributed by atoms with van der Waals surface area (Å²) in [6.45, 7) is 8.75. The summed E-state index contributed by atoms with van der Waals surface area (Å²) in [5.74, 6) is -0.303. The maximum absolute atomic E-state index is 13.1. The third-order valence-electron chi connectivity index (χ3n) is 3.59. The second-order valence-corrected chi connectivity index (χ2v) is 6.28. The molecular weight excluding hydrogens is 257 g/mol. The lowest BCUT2D eigenvalue weighted by Crippen LogP contribution is -2.52. The van der Waals surface area contributed by atoms with Crippen molar-refractivity contribution >= 4 is 0 Å². The highest BCUT2D eigenvalue weighted by Gasteiger charge is 2.31. The number of rotatable bonds is 4. The van der Waals surface area contributed by atoms with Crippen molar-refractivity contribution in [3.05, 3.63) is 35.6 Å². The van der Waals surface area contributed by atoms with Crippen molar-refractivity contribution in [1.29, 1.82) is 0 Å². The normalized spacial score (nSPS) is 24.6. The Balaban J connectivity index is 1.88. The Morgan fingerprint density at radius 2 is 2.25 bits per heavy atom. The van der Waals surface area contributed by atoms with Crippen molar-refractivity contribution in [2.45, 2.75) is 45.0 Å². The molecule has 0 aliphatic carbocycles. The van der Waals surface area contributed by atoms with Crippen LogP contribution in [-0.2, 0) is 4.74 Å². The highest BCUT2D eigenvalue weighted by Crippen LogP contribution is 2.23. The number of ether oxygens (including phenoxy) is 1. The lowest BCUT2D eigenvalue weighted by atomic mass is 10.0. The Morgan fingerprint density at radius 3 is 2.90 bits per heavy atom. The van der Waals surface area contributed by atoms with Crippen LogP contribution in [0, 0.1) is 5.82 Å². The van der Waals surface area contributed by atoms with Crippen LogP contribution in [0.3, 0.4) is 0 Å². The Morgan fingerprint density at radius 1 is 1.50 bits per heavy atom. The molecule has 1 aliphatic heterocycles. The quantitative estimate of drug-likeness (QED) is 0.921. The highest BCUT2D eigenvalue weighted by atomic mass is 19.1. The number of halogens is 1. The molecule has 20 heavy (non-hydrogen) atoms. The summed E-state index contributed by atoms with van der Waals surface area (Å²) in [4.78, 5) is 2.30. The summed E-state index contributed by atoms with van der Waals surface area (Å²) >= 11 is 0. The Hall–Kier alpha value is -0.970. The summed E-state index contributed by atoms with van der Waals surface area (Å²) < 4.78 is 19.0. The fraction of sp³-hybridized carbons (Fsp3) is 0.625. The summed E-state index contributed by atoms with van der Waals surface area (Å²) in [5, 5.41) is 10.1. The first-order valence-electron chi connectivity index (χ1n) is 7.19. The van der Waals surface area contributed by atoms with Gasteiger partial charge in [-0.15, -0.1) is 0 Å². The van der Waals surface area contributed by atoms with Gasteiger partial charge in [0.2, 0.25) is 0 Å². The molecule has 0 bridgehead atoms. The Labute approximate surface area is 120 Å². The first-order chi connectivity index (χ1) is 9.35. The molecule has 2 atom stereocenters. The van der Waals surface area contributed by atoms with E-state index in [0.29, 0.717) is 12.0 Å². The van der Waals surface area contributed by atoms with E-state index in [1.807, 2.05) is 0 Å². The number of hydrogen-bond acceptors (Lipinski definition) is 3. The number of aliphatic hydroxyl groups excluding tert-OH is 1. The minimum absolute atomic E-state index is 0.151. The van der Waals surface area contributed by atoms with E-state index < -0.39 is 6.10 Å². The van der Waals surface area contributed by atoms with Gasteiger partial charge in [0.05, 0.1) is 17.8 Å². The van der Waals surface area contributed by atoms with Gasteiger partial charge in [0.15, 0.2) is 0 Å². The Kier molecular flexibility index (Phi) is 4.78. The molecule has 0 aromatic heterocycles. The standard InChI is InChI=1S/C16H24FNO2/c1-12-10-18(11-16(2,3)20-12)8-7-15(19)13-5-4-6-14(17)9-13/h4-6,9,12,15,19H,7-8,10-11H2,1-3H3. The number of aliphatic hydroxyl groups is 1. The third kappa shape index (κ3) is 4.27. The molecule has 0 spiro atoms. The molecule has 1 N–H and O–H groups in total. The van der Waals surface area contributed by atoms with Gasteiger partial charge in [0, 0.05) is 19.6 Å². The van der Waals surface area contributed by atoms with Gasteiger partial charge in [-0.1, -0.05) is 12.1 Å². The molecule has 112 valence electrons. The van der Waals surface area contributed by atoms with Gasteiger partial charge < -0.3 is 9.84 Å². The van der Waals surface area contributed by atoms with E-state index >= 15 is 0 Å². The molecule has 1 aromatic carbocycles. The molecule has 4 heteroatoms. The maximum Gasteiger partial charge on any atom is 0.123 e. The van der Waals surface area contributed by atoms with Gasteiger partial charge in [0.1, 0.15) is 5.82 Å². The second kappa shape index (κ2) is 6.20. The minimum atomic E-state index is -0.619. The van der Waals surface area contributed by atoms with Crippen LogP contribution in [0.4, 0.5) is 4.39 Å². The molecule has 3 nitrogen and oxygen atoms in total. The SMILES string of the molecule is CC1CN(CCC(O)c2cccc(F)c2)CC(C)(C)O1. The highest BCUT2D eigenvalue weighted by molar-refractivity contribution is 5.18. The van der Waals surface area contributed by atoms with Crippen LogP contribution in [0.2, 0.25) is 0 Å². The molecule has 1 saturated heterocycles. The molecule has 0 saturated carbocycles. The van der Waals surface area contributed by atoms with Crippen molar-refractivity contribution in [2.75, 3.05) is 19.6 Å². The van der Waals surface area contributed by atoms with E-state index in [-0.39, 0.29) is 17.5 Å². The van der Waals surface area contributed by atoms with Crippen molar-refractivity contribution < 1.29 is 14.2 Å². The zero-order valence-electron chi connectivity index (χ0n) is 12.5. The number of hydrogen-bond donors (Lipinski definition) is 1. The lowest BCUT2D eigenvalue weighted by molar-refractivity contribution is -0.130. The monoisotopic (exact) mass is 281 g/mol. The molecule has 1 aliphatic rings. The van der Waals surface area contributed by atoms with E-state index in [0.717, 1.165) is 19.6 Å². The topological polar surface area (TPSA) is 32.7 Å². The van der Waals surface area contributed by atoms with Crippen LogP contribution in [0.1, 0.15) is 38.9 Å². The fourth-order valence-corrected chi connectivity index (χ4v) is 2.94. The summed E-state index contributed by atoms with van der Waals surface area (Å²) in [6, 6.07) is 6.19. The van der Waals surface area contributed by atoms with Gasteiger partial charge in [0.25, 0.3) is 0 Å². The third-order valence-corrected chi connectivity index (χ3v) is 3.59. The average Bonchev–Trinajstić information content (AvgIpc) is 2.33. The molecule has 1 fully saturated rings. The molecule has 0 amide bonds. The van der Waals surface area contributed by atoms with Gasteiger partial charge >= 0.3 is 0 Å². The van der Waals surface area contributed by atoms with Crippen molar-refractivity contribution in [3.63, 3.8) is 0 Å². The predicted octanol–water partition coefficient (Wildman–Crippen LogP) is 2.75. The zero-order chi connectivity index (χ0) is 14.8. The first kappa shape index (κ1) is 15.4. The number of morpholine rings is 1. The van der Waals surface area contributed by atoms with E-state index in [4.69, 9.17) is 4.74 Å². The lowest BCUT2D eigenvalue weighted by Gasteiger charge is -2.42. The second-order valence-electron chi connectivity index (χ2n) is 6.28. The molecule has 1 aromatic rings.